The molecule has 1 saturated carbocycles. The summed E-state index contributed by atoms with van der Waals surface area (Å²) in [5.41, 5.74) is -0.0617. The maximum atomic E-state index is 14.1. The number of rotatable bonds is 5. The van der Waals surface area contributed by atoms with E-state index in [0.29, 0.717) is 0 Å². The van der Waals surface area contributed by atoms with Gasteiger partial charge in [0.1, 0.15) is 22.8 Å². The van der Waals surface area contributed by atoms with Crippen LogP contribution in [0.4, 0.5) is 10.5 Å². The van der Waals surface area contributed by atoms with Crippen molar-refractivity contribution in [3.8, 4) is 5.75 Å². The number of ketones is 2. The summed E-state index contributed by atoms with van der Waals surface area (Å²) in [6.07, 6.45) is -1.78. The summed E-state index contributed by atoms with van der Waals surface area (Å²) in [7, 11) is -1.58. The second-order valence-electron chi connectivity index (χ2n) is 11.5. The molecule has 244 valence electrons. The number of carbonyl (C=O) groups excluding carboxylic acids is 4. The van der Waals surface area contributed by atoms with E-state index in [1.54, 1.807) is 4.72 Å². The van der Waals surface area contributed by atoms with Crippen LogP contribution < -0.4 is 15.8 Å². The van der Waals surface area contributed by atoms with Crippen LogP contribution >= 0.6 is 11.6 Å². The summed E-state index contributed by atoms with van der Waals surface area (Å²) in [5, 5.41) is 59.4. The lowest BCUT2D eigenvalue weighted by molar-refractivity contribution is -0.169. The minimum absolute atomic E-state index is 0.182. The minimum Gasteiger partial charge on any atom is -0.508 e. The van der Waals surface area contributed by atoms with Crippen LogP contribution in [0.5, 0.6) is 5.75 Å². The van der Waals surface area contributed by atoms with Gasteiger partial charge in [0, 0.05) is 16.5 Å². The van der Waals surface area contributed by atoms with Gasteiger partial charge in [0.05, 0.1) is 34.2 Å². The highest BCUT2D eigenvalue weighted by atomic mass is 35.5. The molecule has 1 fully saturated rings. The summed E-state index contributed by atoms with van der Waals surface area (Å²) in [6.45, 7) is 1.54. The number of nitrogens with one attached hydrogen (secondary N) is 2. The van der Waals surface area contributed by atoms with Crippen LogP contribution in [-0.4, -0.2) is 94.2 Å². The van der Waals surface area contributed by atoms with Gasteiger partial charge in [-0.1, -0.05) is 24.6 Å². The van der Waals surface area contributed by atoms with Gasteiger partial charge in [0.2, 0.25) is 5.78 Å². The van der Waals surface area contributed by atoms with Crippen molar-refractivity contribution in [2.75, 3.05) is 19.4 Å². The molecule has 5 rings (SSSR count). The number of aliphatic hydroxyl groups is 4. The SMILES string of the molecule is C[C@@H]1c2ccc(NC(=O)NS(=O)(=O)c3ccc(Cl)cc3)c(O)c2C(O)=C2C(=O)[C@@]3(O)C(O)=C(C(N)=O)C(=O)[C@H](N(C)C)[C@H]3[C@H](O)[C@H]21. The fourth-order valence-corrected chi connectivity index (χ4v) is 7.69. The highest BCUT2D eigenvalue weighted by Crippen LogP contribution is 2.56. The third kappa shape index (κ3) is 4.72. The van der Waals surface area contributed by atoms with E-state index < -0.39 is 109 Å². The summed E-state index contributed by atoms with van der Waals surface area (Å²) in [6, 6.07) is 4.67. The maximum Gasteiger partial charge on any atom is 0.333 e. The van der Waals surface area contributed by atoms with Crippen LogP contribution in [0.1, 0.15) is 24.0 Å². The van der Waals surface area contributed by atoms with Gasteiger partial charge in [0.25, 0.3) is 15.9 Å². The Morgan fingerprint density at radius 3 is 2.22 bits per heavy atom. The smallest absolute Gasteiger partial charge is 0.333 e. The number of halogens is 1. The number of urea groups is 1. The van der Waals surface area contributed by atoms with Crippen LogP contribution in [0.2, 0.25) is 5.02 Å². The summed E-state index contributed by atoms with van der Waals surface area (Å²) in [5.74, 6) is -10.8. The van der Waals surface area contributed by atoms with E-state index in [4.69, 9.17) is 17.3 Å². The van der Waals surface area contributed by atoms with Gasteiger partial charge >= 0.3 is 6.03 Å². The number of aromatic hydroxyl groups is 1. The number of primary amides is 1. The van der Waals surface area contributed by atoms with Gasteiger partial charge in [-0.25, -0.2) is 17.9 Å². The summed E-state index contributed by atoms with van der Waals surface area (Å²) in [4.78, 5) is 53.1. The van der Waals surface area contributed by atoms with E-state index in [-0.39, 0.29) is 15.5 Å². The average molecular weight is 677 g/mol. The van der Waals surface area contributed by atoms with Crippen molar-refractivity contribution in [3.05, 3.63) is 69.5 Å². The third-order valence-corrected chi connectivity index (χ3v) is 10.3. The van der Waals surface area contributed by atoms with Crippen molar-refractivity contribution in [3.63, 3.8) is 0 Å². The van der Waals surface area contributed by atoms with Crippen molar-refractivity contribution in [1.29, 1.82) is 0 Å². The lowest BCUT2D eigenvalue weighted by Crippen LogP contribution is -2.70. The number of hydrogen-bond acceptors (Lipinski definition) is 12. The molecule has 2 aromatic carbocycles. The zero-order valence-electron chi connectivity index (χ0n) is 24.3. The van der Waals surface area contributed by atoms with Gasteiger partial charge in [-0.15, -0.1) is 0 Å². The number of phenolic OH excluding ortho intramolecular Hbond substituents is 1. The molecule has 0 heterocycles. The molecule has 0 unspecified atom stereocenters. The number of nitrogens with zero attached hydrogens (tertiary/aromatic N) is 1. The molecule has 0 spiro atoms. The zero-order chi connectivity index (χ0) is 34.2. The van der Waals surface area contributed by atoms with E-state index in [1.165, 1.54) is 50.2 Å². The van der Waals surface area contributed by atoms with Crippen molar-refractivity contribution >= 4 is 56.6 Å². The lowest BCUT2D eigenvalue weighted by Gasteiger charge is -2.53. The van der Waals surface area contributed by atoms with Crippen LogP contribution in [0.25, 0.3) is 5.76 Å². The lowest BCUT2D eigenvalue weighted by atomic mass is 9.54. The van der Waals surface area contributed by atoms with E-state index in [1.807, 2.05) is 0 Å². The summed E-state index contributed by atoms with van der Waals surface area (Å²) >= 11 is 5.78. The molecule has 6 atom stereocenters. The van der Waals surface area contributed by atoms with Gasteiger partial charge in [-0.3, -0.25) is 19.3 Å². The molecule has 46 heavy (non-hydrogen) atoms. The van der Waals surface area contributed by atoms with E-state index >= 15 is 0 Å². The molecule has 9 N–H and O–H groups in total. The third-order valence-electron chi connectivity index (χ3n) is 8.73. The normalized spacial score (nSPS) is 27.6. The number of aliphatic hydroxyl groups excluding tert-OH is 3. The Morgan fingerprint density at radius 2 is 1.65 bits per heavy atom. The number of benzene rings is 2. The first-order valence-electron chi connectivity index (χ1n) is 13.6. The number of sulfonamides is 1. The Kier molecular flexibility index (Phi) is 7.94. The van der Waals surface area contributed by atoms with Crippen molar-refractivity contribution in [2.24, 2.45) is 17.6 Å². The average Bonchev–Trinajstić information content (AvgIpc) is 2.95. The van der Waals surface area contributed by atoms with Crippen molar-refractivity contribution in [1.82, 2.24) is 9.62 Å². The van der Waals surface area contributed by atoms with Crippen LogP contribution in [0.15, 0.2) is 58.2 Å². The molecule has 0 aliphatic heterocycles. The highest BCUT2D eigenvalue weighted by Gasteiger charge is 2.68. The molecule has 15 nitrogen and oxygen atoms in total. The van der Waals surface area contributed by atoms with Gasteiger partial charge in [0.15, 0.2) is 11.4 Å². The standard InChI is InChI=1S/C29H29ClN4O11S/c1-10-13-8-9-14(32-28(42)33-46(44,45)12-6-4-11(30)5-7-12)21(35)16(13)22(36)17-15(10)23(37)19-20(34(2)3)24(38)18(27(31)41)26(40)29(19,43)25(17)39/h4-10,15,19-20,23,35-37,40,43H,1-3H3,(H2,31,41)(H2,32,33,42)/t10-,15+,19+,20-,23-,29-/m1/s1. The van der Waals surface area contributed by atoms with Gasteiger partial charge < -0.3 is 36.6 Å². The second-order valence-corrected chi connectivity index (χ2v) is 13.6. The van der Waals surface area contributed by atoms with Crippen LogP contribution in [0.3, 0.4) is 0 Å². The number of phenols is 1. The number of amides is 3. The van der Waals surface area contributed by atoms with Crippen molar-refractivity contribution < 1.29 is 53.1 Å². The highest BCUT2D eigenvalue weighted by molar-refractivity contribution is 7.90. The molecule has 0 radical (unpaired) electrons. The Hall–Kier alpha value is -4.48. The first kappa shape index (κ1) is 32.9. The largest absolute Gasteiger partial charge is 0.508 e. The number of anilines is 1. The van der Waals surface area contributed by atoms with E-state index in [0.717, 1.165) is 12.1 Å². The molecule has 3 amide bonds. The molecule has 3 aliphatic carbocycles. The molecule has 0 aromatic heterocycles. The monoisotopic (exact) mass is 676 g/mol. The van der Waals surface area contributed by atoms with Gasteiger partial charge in [-0.2, -0.15) is 0 Å². The topological polar surface area (TPSA) is 257 Å². The first-order valence-corrected chi connectivity index (χ1v) is 15.5. The second kappa shape index (κ2) is 11.1. The minimum atomic E-state index is -4.37. The number of Topliss-reactive ketones (excluding diaryl/α,β-unsaturated/α-hetero) is 2. The number of fused-ring (bicyclic) bond motifs is 3. The van der Waals surface area contributed by atoms with Crippen molar-refractivity contribution in [2.45, 2.75) is 35.5 Å². The number of nitrogens with two attached hydrogens (primary N) is 1. The number of carbonyl (C=O) groups is 4. The molecule has 0 bridgehead atoms. The Morgan fingerprint density at radius 1 is 1.04 bits per heavy atom. The maximum absolute atomic E-state index is 14.1. The van der Waals surface area contributed by atoms with Gasteiger partial charge in [-0.05, 0) is 55.9 Å². The molecular formula is C29H29ClN4O11S. The predicted molar refractivity (Wildman–Crippen MR) is 161 cm³/mol. The zero-order valence-corrected chi connectivity index (χ0v) is 25.9. The van der Waals surface area contributed by atoms with Crippen LogP contribution in [0, 0.1) is 11.8 Å². The quantitative estimate of drug-likeness (QED) is 0.160. The summed E-state index contributed by atoms with van der Waals surface area (Å²) < 4.78 is 27.0. The van der Waals surface area contributed by atoms with Crippen LogP contribution in [-0.2, 0) is 24.4 Å². The first-order chi connectivity index (χ1) is 21.4. The number of likely N-dealkylation sites (N-methyl/N-ethyl adjacent to an activating group) is 1. The Bertz CT molecular complexity index is 1890. The van der Waals surface area contributed by atoms with E-state index in [2.05, 4.69) is 5.32 Å². The molecular weight excluding hydrogens is 648 g/mol. The fourth-order valence-electron chi connectivity index (χ4n) is 6.66. The molecule has 3 aliphatic rings. The molecule has 17 heteroatoms. The molecule has 0 saturated heterocycles. The van der Waals surface area contributed by atoms with E-state index in [9.17, 15) is 53.1 Å². The predicted octanol–water partition coefficient (Wildman–Crippen LogP) is 0.660. The number of hydrogen-bond donors (Lipinski definition) is 8. The fraction of sp³-hybridized carbons (Fsp3) is 0.310. The molecule has 2 aromatic rings. The Labute approximate surface area is 266 Å². The Balaban J connectivity index is 1.59.